The number of ether oxygens (including phenoxy) is 3. The highest BCUT2D eigenvalue weighted by Crippen LogP contribution is 2.27. The Balaban J connectivity index is 2.23. The van der Waals surface area contributed by atoms with Crippen LogP contribution in [0.25, 0.3) is 0 Å². The highest BCUT2D eigenvalue weighted by Gasteiger charge is 2.28. The Morgan fingerprint density at radius 3 is 2.47 bits per heavy atom. The molecule has 1 atom stereocenters. The standard InChI is InChI=1S/C13H24O4/c1-4-16-13(14)11-5-7-12(8-6-11)17-10(2)9-15-3/h10-12H,4-9H2,1-3H3. The zero-order chi connectivity index (χ0) is 12.7. The smallest absolute Gasteiger partial charge is 0.308 e. The van der Waals surface area contributed by atoms with Crippen molar-refractivity contribution in [3.05, 3.63) is 0 Å². The van der Waals surface area contributed by atoms with Gasteiger partial charge >= 0.3 is 5.97 Å². The van der Waals surface area contributed by atoms with Crippen LogP contribution in [0.5, 0.6) is 0 Å². The molecule has 0 heterocycles. The van der Waals surface area contributed by atoms with Gasteiger partial charge in [0.2, 0.25) is 0 Å². The molecule has 0 aliphatic heterocycles. The van der Waals surface area contributed by atoms with Crippen LogP contribution in [0, 0.1) is 5.92 Å². The minimum Gasteiger partial charge on any atom is -0.466 e. The first-order chi connectivity index (χ1) is 8.17. The number of hydrogen-bond donors (Lipinski definition) is 0. The molecular formula is C13H24O4. The molecule has 1 unspecified atom stereocenters. The van der Waals surface area contributed by atoms with Gasteiger partial charge in [0.05, 0.1) is 31.3 Å². The second-order valence-electron chi connectivity index (χ2n) is 4.63. The molecule has 1 saturated carbocycles. The van der Waals surface area contributed by atoms with Crippen LogP contribution in [0.1, 0.15) is 39.5 Å². The fourth-order valence-corrected chi connectivity index (χ4v) is 2.30. The average molecular weight is 244 g/mol. The van der Waals surface area contributed by atoms with E-state index in [0.717, 1.165) is 25.7 Å². The Hall–Kier alpha value is -0.610. The van der Waals surface area contributed by atoms with Gasteiger partial charge in [0, 0.05) is 7.11 Å². The van der Waals surface area contributed by atoms with Crippen LogP contribution in [0.15, 0.2) is 0 Å². The van der Waals surface area contributed by atoms with Crippen LogP contribution < -0.4 is 0 Å². The summed E-state index contributed by atoms with van der Waals surface area (Å²) in [6.45, 7) is 4.96. The third kappa shape index (κ3) is 5.04. The highest BCUT2D eigenvalue weighted by atomic mass is 16.5. The monoisotopic (exact) mass is 244 g/mol. The maximum absolute atomic E-state index is 11.5. The van der Waals surface area contributed by atoms with Crippen LogP contribution in [-0.2, 0) is 19.0 Å². The van der Waals surface area contributed by atoms with Gasteiger partial charge in [-0.15, -0.1) is 0 Å². The van der Waals surface area contributed by atoms with Gasteiger partial charge in [-0.2, -0.15) is 0 Å². The van der Waals surface area contributed by atoms with E-state index in [1.54, 1.807) is 7.11 Å². The lowest BCUT2D eigenvalue weighted by Gasteiger charge is -2.29. The summed E-state index contributed by atoms with van der Waals surface area (Å²) in [5.74, 6) is 0.0309. The quantitative estimate of drug-likeness (QED) is 0.672. The predicted molar refractivity (Wildman–Crippen MR) is 64.8 cm³/mol. The first-order valence-corrected chi connectivity index (χ1v) is 6.48. The van der Waals surface area contributed by atoms with E-state index in [1.807, 2.05) is 13.8 Å². The van der Waals surface area contributed by atoms with E-state index in [0.29, 0.717) is 13.2 Å². The molecule has 1 fully saturated rings. The number of rotatable bonds is 6. The lowest BCUT2D eigenvalue weighted by Crippen LogP contribution is -2.30. The van der Waals surface area contributed by atoms with Gasteiger partial charge in [0.1, 0.15) is 0 Å². The molecular weight excluding hydrogens is 220 g/mol. The van der Waals surface area contributed by atoms with E-state index < -0.39 is 0 Å². The molecule has 0 aromatic rings. The maximum Gasteiger partial charge on any atom is 0.308 e. The summed E-state index contributed by atoms with van der Waals surface area (Å²) in [6, 6.07) is 0. The summed E-state index contributed by atoms with van der Waals surface area (Å²) in [5, 5.41) is 0. The summed E-state index contributed by atoms with van der Waals surface area (Å²) >= 11 is 0. The van der Waals surface area contributed by atoms with Crippen molar-refractivity contribution in [3.63, 3.8) is 0 Å². The van der Waals surface area contributed by atoms with E-state index >= 15 is 0 Å². The minimum absolute atomic E-state index is 0.0455. The van der Waals surface area contributed by atoms with Gasteiger partial charge in [-0.05, 0) is 39.5 Å². The van der Waals surface area contributed by atoms with Crippen molar-refractivity contribution < 1.29 is 19.0 Å². The van der Waals surface area contributed by atoms with Gasteiger partial charge in [-0.25, -0.2) is 0 Å². The molecule has 4 heteroatoms. The van der Waals surface area contributed by atoms with Crippen molar-refractivity contribution in [3.8, 4) is 0 Å². The number of hydrogen-bond acceptors (Lipinski definition) is 4. The zero-order valence-corrected chi connectivity index (χ0v) is 11.1. The molecule has 0 N–H and O–H groups in total. The van der Waals surface area contributed by atoms with Crippen molar-refractivity contribution in [1.82, 2.24) is 0 Å². The molecule has 1 aliphatic rings. The van der Waals surface area contributed by atoms with Crippen molar-refractivity contribution in [2.75, 3.05) is 20.3 Å². The molecule has 0 aromatic heterocycles. The summed E-state index contributed by atoms with van der Waals surface area (Å²) in [6.07, 6.45) is 4.04. The molecule has 0 bridgehead atoms. The molecule has 0 amide bonds. The molecule has 17 heavy (non-hydrogen) atoms. The van der Waals surface area contributed by atoms with Crippen LogP contribution in [-0.4, -0.2) is 38.5 Å². The van der Waals surface area contributed by atoms with Gasteiger partial charge in [0.25, 0.3) is 0 Å². The van der Waals surface area contributed by atoms with Crippen molar-refractivity contribution in [2.45, 2.75) is 51.7 Å². The molecule has 4 nitrogen and oxygen atoms in total. The van der Waals surface area contributed by atoms with Crippen LogP contribution in [0.3, 0.4) is 0 Å². The van der Waals surface area contributed by atoms with E-state index in [-0.39, 0.29) is 24.1 Å². The Bertz CT molecular complexity index is 221. The first-order valence-electron chi connectivity index (χ1n) is 6.48. The molecule has 0 aromatic carbocycles. The first kappa shape index (κ1) is 14.5. The second-order valence-corrected chi connectivity index (χ2v) is 4.63. The zero-order valence-electron chi connectivity index (χ0n) is 11.1. The van der Waals surface area contributed by atoms with Gasteiger partial charge in [-0.1, -0.05) is 0 Å². The second kappa shape index (κ2) is 7.67. The van der Waals surface area contributed by atoms with Crippen molar-refractivity contribution >= 4 is 5.97 Å². The summed E-state index contributed by atoms with van der Waals surface area (Å²) in [7, 11) is 1.68. The van der Waals surface area contributed by atoms with Crippen LogP contribution in [0.4, 0.5) is 0 Å². The third-order valence-corrected chi connectivity index (χ3v) is 3.12. The fraction of sp³-hybridized carbons (Fsp3) is 0.923. The largest absolute Gasteiger partial charge is 0.466 e. The predicted octanol–water partition coefficient (Wildman–Crippen LogP) is 2.16. The van der Waals surface area contributed by atoms with E-state index in [9.17, 15) is 4.79 Å². The summed E-state index contributed by atoms with van der Waals surface area (Å²) < 4.78 is 15.9. The Labute approximate surface area is 104 Å². The van der Waals surface area contributed by atoms with Gasteiger partial charge in [-0.3, -0.25) is 4.79 Å². The SMILES string of the molecule is CCOC(=O)C1CCC(OC(C)COC)CC1. The van der Waals surface area contributed by atoms with Gasteiger partial charge in [0.15, 0.2) is 0 Å². The third-order valence-electron chi connectivity index (χ3n) is 3.12. The highest BCUT2D eigenvalue weighted by molar-refractivity contribution is 5.72. The van der Waals surface area contributed by atoms with Crippen LogP contribution in [0.2, 0.25) is 0 Å². The van der Waals surface area contributed by atoms with Crippen molar-refractivity contribution in [1.29, 1.82) is 0 Å². The summed E-state index contributed by atoms with van der Waals surface area (Å²) in [4.78, 5) is 11.5. The fourth-order valence-electron chi connectivity index (χ4n) is 2.30. The molecule has 0 radical (unpaired) electrons. The Morgan fingerprint density at radius 2 is 1.94 bits per heavy atom. The van der Waals surface area contributed by atoms with E-state index in [1.165, 1.54) is 0 Å². The molecule has 1 rings (SSSR count). The molecule has 0 spiro atoms. The van der Waals surface area contributed by atoms with E-state index in [2.05, 4.69) is 0 Å². The molecule has 0 saturated heterocycles. The lowest BCUT2D eigenvalue weighted by atomic mass is 9.87. The van der Waals surface area contributed by atoms with Gasteiger partial charge < -0.3 is 14.2 Å². The summed E-state index contributed by atoms with van der Waals surface area (Å²) in [5.41, 5.74) is 0. The molecule has 1 aliphatic carbocycles. The number of methoxy groups -OCH3 is 1. The number of esters is 1. The average Bonchev–Trinajstić information content (AvgIpc) is 2.30. The van der Waals surface area contributed by atoms with Crippen molar-refractivity contribution in [2.24, 2.45) is 5.92 Å². The number of carbonyl (C=O) groups excluding carboxylic acids is 1. The Kier molecular flexibility index (Phi) is 6.52. The topological polar surface area (TPSA) is 44.8 Å². The Morgan fingerprint density at radius 1 is 1.29 bits per heavy atom. The minimum atomic E-state index is -0.0455. The molecule has 100 valence electrons. The lowest BCUT2D eigenvalue weighted by molar-refractivity contribution is -0.150. The van der Waals surface area contributed by atoms with Crippen LogP contribution >= 0.6 is 0 Å². The number of carbonyl (C=O) groups is 1. The van der Waals surface area contributed by atoms with E-state index in [4.69, 9.17) is 14.2 Å². The maximum atomic E-state index is 11.5. The normalized spacial score (nSPS) is 26.5.